The Morgan fingerprint density at radius 3 is 2.50 bits per heavy atom. The zero-order valence-electron chi connectivity index (χ0n) is 16.7. The van der Waals surface area contributed by atoms with Gasteiger partial charge >= 0.3 is 11.9 Å². The lowest BCUT2D eigenvalue weighted by Gasteiger charge is -2.38. The first-order valence-corrected chi connectivity index (χ1v) is 10.9. The predicted octanol–water partition coefficient (Wildman–Crippen LogP) is 0.857. The standard InChI is InChI=1S/C20H24N2O7S/c1-3-29-20(26)18-13(2)15-9-21(11-17(24)25)12-22(19(15)30(18,27)28)10-16(23)14-7-5-4-6-8-14/h4-8,16,23H,3,9-12H2,1-2H3,(H,24,25)/t16-/m0/s1. The molecular weight excluding hydrogens is 412 g/mol. The van der Waals surface area contributed by atoms with E-state index in [-0.39, 0.29) is 43.5 Å². The van der Waals surface area contributed by atoms with Gasteiger partial charge in [-0.3, -0.25) is 9.69 Å². The number of esters is 1. The van der Waals surface area contributed by atoms with Crippen molar-refractivity contribution in [2.75, 3.05) is 32.9 Å². The molecule has 1 atom stereocenters. The van der Waals surface area contributed by atoms with Crippen LogP contribution in [0.5, 0.6) is 0 Å². The van der Waals surface area contributed by atoms with Gasteiger partial charge in [-0.05, 0) is 25.0 Å². The number of carboxylic acid groups (broad SMARTS) is 1. The van der Waals surface area contributed by atoms with Gasteiger partial charge in [0.05, 0.1) is 32.5 Å². The first kappa shape index (κ1) is 22.0. The normalized spacial score (nSPS) is 19.6. The summed E-state index contributed by atoms with van der Waals surface area (Å²) in [6.45, 7) is 2.78. The number of carbonyl (C=O) groups excluding carboxylic acids is 1. The summed E-state index contributed by atoms with van der Waals surface area (Å²) >= 11 is 0. The van der Waals surface area contributed by atoms with Crippen LogP contribution in [0.2, 0.25) is 0 Å². The van der Waals surface area contributed by atoms with Gasteiger partial charge in [0.15, 0.2) is 4.91 Å². The number of β-amino-alcohol motifs (C(OH)–C–C–N with tert-alkyl or cyclic N) is 1. The van der Waals surface area contributed by atoms with E-state index in [0.717, 1.165) is 0 Å². The van der Waals surface area contributed by atoms with E-state index in [4.69, 9.17) is 4.74 Å². The van der Waals surface area contributed by atoms with Gasteiger partial charge in [0, 0.05) is 12.1 Å². The van der Waals surface area contributed by atoms with Crippen LogP contribution in [0.15, 0.2) is 51.4 Å². The van der Waals surface area contributed by atoms with E-state index < -0.39 is 32.8 Å². The predicted molar refractivity (Wildman–Crippen MR) is 107 cm³/mol. The van der Waals surface area contributed by atoms with E-state index in [2.05, 4.69) is 0 Å². The number of aliphatic hydroxyl groups excluding tert-OH is 1. The molecule has 0 aromatic heterocycles. The molecule has 0 aliphatic carbocycles. The molecule has 2 N–H and O–H groups in total. The van der Waals surface area contributed by atoms with Crippen molar-refractivity contribution in [3.05, 3.63) is 57.0 Å². The third-order valence-electron chi connectivity index (χ3n) is 5.01. The lowest BCUT2D eigenvalue weighted by molar-refractivity contribution is -0.139. The Balaban J connectivity index is 2.00. The molecule has 9 nitrogen and oxygen atoms in total. The molecule has 0 amide bonds. The number of ether oxygens (including phenoxy) is 1. The molecule has 0 spiro atoms. The zero-order valence-corrected chi connectivity index (χ0v) is 17.6. The van der Waals surface area contributed by atoms with Crippen molar-refractivity contribution in [1.82, 2.24) is 9.80 Å². The van der Waals surface area contributed by atoms with Crippen molar-refractivity contribution < 1.29 is 33.0 Å². The van der Waals surface area contributed by atoms with E-state index in [9.17, 15) is 28.2 Å². The van der Waals surface area contributed by atoms with Gasteiger partial charge in [0.25, 0.3) is 0 Å². The fraction of sp³-hybridized carbons (Fsp3) is 0.400. The van der Waals surface area contributed by atoms with E-state index >= 15 is 0 Å². The van der Waals surface area contributed by atoms with Crippen molar-refractivity contribution in [3.63, 3.8) is 0 Å². The van der Waals surface area contributed by atoms with Crippen molar-refractivity contribution in [2.24, 2.45) is 0 Å². The second-order valence-electron chi connectivity index (χ2n) is 7.13. The molecule has 3 rings (SSSR count). The van der Waals surface area contributed by atoms with Crippen LogP contribution in [0.3, 0.4) is 0 Å². The number of aliphatic hydroxyl groups is 1. The molecule has 2 aliphatic heterocycles. The molecule has 1 aromatic carbocycles. The van der Waals surface area contributed by atoms with Gasteiger partial charge in [-0.25, -0.2) is 13.2 Å². The van der Waals surface area contributed by atoms with Crippen LogP contribution in [0.4, 0.5) is 0 Å². The average molecular weight is 436 g/mol. The second kappa shape index (κ2) is 8.58. The summed E-state index contributed by atoms with van der Waals surface area (Å²) in [5.41, 5.74) is 1.20. The van der Waals surface area contributed by atoms with Crippen LogP contribution < -0.4 is 0 Å². The van der Waals surface area contributed by atoms with E-state index in [1.165, 1.54) is 11.8 Å². The second-order valence-corrected chi connectivity index (χ2v) is 8.93. The molecule has 162 valence electrons. The summed E-state index contributed by atoms with van der Waals surface area (Å²) in [6, 6.07) is 8.75. The fourth-order valence-corrected chi connectivity index (χ4v) is 5.78. The highest BCUT2D eigenvalue weighted by Gasteiger charge is 2.46. The minimum Gasteiger partial charge on any atom is -0.480 e. The minimum absolute atomic E-state index is 0.0162. The Morgan fingerprint density at radius 1 is 1.23 bits per heavy atom. The Bertz CT molecular complexity index is 1010. The van der Waals surface area contributed by atoms with E-state index in [1.807, 2.05) is 0 Å². The monoisotopic (exact) mass is 436 g/mol. The topological polar surface area (TPSA) is 124 Å². The van der Waals surface area contributed by atoms with Crippen LogP contribution in [0.25, 0.3) is 0 Å². The van der Waals surface area contributed by atoms with Gasteiger partial charge in [-0.2, -0.15) is 0 Å². The summed E-state index contributed by atoms with van der Waals surface area (Å²) in [6.07, 6.45) is -1.01. The Kier molecular flexibility index (Phi) is 6.30. The van der Waals surface area contributed by atoms with Gasteiger partial charge in [-0.15, -0.1) is 0 Å². The number of aliphatic carboxylic acids is 1. The van der Waals surface area contributed by atoms with E-state index in [1.54, 1.807) is 42.2 Å². The maximum atomic E-state index is 13.2. The highest BCUT2D eigenvalue weighted by atomic mass is 32.2. The summed E-state index contributed by atoms with van der Waals surface area (Å²) in [5.74, 6) is -1.99. The van der Waals surface area contributed by atoms with E-state index in [0.29, 0.717) is 11.1 Å². The van der Waals surface area contributed by atoms with Gasteiger partial charge in [-0.1, -0.05) is 30.3 Å². The van der Waals surface area contributed by atoms with Crippen molar-refractivity contribution in [1.29, 1.82) is 0 Å². The maximum absolute atomic E-state index is 13.2. The van der Waals surface area contributed by atoms with Crippen LogP contribution in [-0.2, 0) is 24.2 Å². The molecular formula is C20H24N2O7S. The quantitative estimate of drug-likeness (QED) is 0.599. The first-order chi connectivity index (χ1) is 14.2. The molecule has 0 unspecified atom stereocenters. The summed E-state index contributed by atoms with van der Waals surface area (Å²) < 4.78 is 31.4. The Labute approximate surface area is 174 Å². The fourth-order valence-electron chi connectivity index (χ4n) is 3.77. The summed E-state index contributed by atoms with van der Waals surface area (Å²) in [5, 5.41) is 19.8. The molecule has 0 saturated heterocycles. The minimum atomic E-state index is -4.16. The third kappa shape index (κ3) is 4.11. The zero-order chi connectivity index (χ0) is 22.1. The van der Waals surface area contributed by atoms with Crippen LogP contribution in [0.1, 0.15) is 25.5 Å². The summed E-state index contributed by atoms with van der Waals surface area (Å²) in [4.78, 5) is 26.2. The molecule has 0 radical (unpaired) electrons. The highest BCUT2D eigenvalue weighted by Crippen LogP contribution is 2.41. The van der Waals surface area contributed by atoms with Gasteiger partial charge in [0.1, 0.15) is 5.03 Å². The number of nitrogens with zero attached hydrogens (tertiary/aromatic N) is 2. The molecule has 2 aliphatic rings. The SMILES string of the molecule is CCOC(=O)C1=C(C)C2=C(N(C[C@H](O)c3ccccc3)CN(CC(=O)O)C2)S1(=O)=O. The molecule has 1 aromatic rings. The summed E-state index contributed by atoms with van der Waals surface area (Å²) in [7, 11) is -4.16. The van der Waals surface area contributed by atoms with Gasteiger partial charge in [0.2, 0.25) is 9.84 Å². The highest BCUT2D eigenvalue weighted by molar-refractivity contribution is 8.00. The van der Waals surface area contributed by atoms with Crippen molar-refractivity contribution in [2.45, 2.75) is 20.0 Å². The average Bonchev–Trinajstić information content (AvgIpc) is 2.87. The number of sulfone groups is 1. The van der Waals surface area contributed by atoms with Crippen LogP contribution >= 0.6 is 0 Å². The smallest absolute Gasteiger partial charge is 0.350 e. The maximum Gasteiger partial charge on any atom is 0.350 e. The lowest BCUT2D eigenvalue weighted by atomic mass is 10.1. The Morgan fingerprint density at radius 2 is 1.90 bits per heavy atom. The molecule has 30 heavy (non-hydrogen) atoms. The molecule has 2 heterocycles. The third-order valence-corrected chi connectivity index (χ3v) is 7.04. The lowest BCUT2D eigenvalue weighted by Crippen LogP contribution is -2.47. The number of hydrogen-bond acceptors (Lipinski definition) is 8. The largest absolute Gasteiger partial charge is 0.480 e. The molecule has 0 fully saturated rings. The van der Waals surface area contributed by atoms with Crippen molar-refractivity contribution in [3.8, 4) is 0 Å². The van der Waals surface area contributed by atoms with Crippen molar-refractivity contribution >= 4 is 21.8 Å². The van der Waals surface area contributed by atoms with Crippen LogP contribution in [0, 0.1) is 0 Å². The van der Waals surface area contributed by atoms with Gasteiger partial charge < -0.3 is 19.8 Å². The first-order valence-electron chi connectivity index (χ1n) is 9.45. The number of rotatable bonds is 7. The number of hydrogen-bond donors (Lipinski definition) is 2. The Hall–Kier alpha value is -2.69. The number of carboxylic acids is 1. The molecule has 0 saturated carbocycles. The van der Waals surface area contributed by atoms with Crippen LogP contribution in [-0.4, -0.2) is 73.3 Å². The number of benzene rings is 1. The number of carbonyl (C=O) groups is 2. The molecule has 10 heteroatoms. The molecule has 0 bridgehead atoms.